The molecule has 0 atom stereocenters. The van der Waals surface area contributed by atoms with Crippen LogP contribution in [0.2, 0.25) is 0 Å². The van der Waals surface area contributed by atoms with Gasteiger partial charge in [0.15, 0.2) is 0 Å². The molecule has 0 unspecified atom stereocenters. The smallest absolute Gasteiger partial charge is 0.123 e. The lowest BCUT2D eigenvalue weighted by atomic mass is 10.2. The molecule has 5 heteroatoms. The molecule has 15 heavy (non-hydrogen) atoms. The summed E-state index contributed by atoms with van der Waals surface area (Å²) in [4.78, 5) is 0. The van der Waals surface area contributed by atoms with Gasteiger partial charge in [-0.2, -0.15) is 0 Å². The number of benzene rings is 1. The molecule has 0 aliphatic heterocycles. The van der Waals surface area contributed by atoms with Crippen LogP contribution in [-0.2, 0) is 0 Å². The Balaban J connectivity index is 2.95. The summed E-state index contributed by atoms with van der Waals surface area (Å²) in [5, 5.41) is 7.27. The third-order valence-corrected chi connectivity index (χ3v) is 1.77. The van der Waals surface area contributed by atoms with Gasteiger partial charge in [0.2, 0.25) is 0 Å². The van der Waals surface area contributed by atoms with Crippen molar-refractivity contribution >= 4 is 5.84 Å². The maximum absolute atomic E-state index is 11.9. The minimum Gasteiger partial charge on any atom is -0.497 e. The first kappa shape index (κ1) is 11.3. The normalized spacial score (nSPS) is 9.73. The van der Waals surface area contributed by atoms with E-state index in [0.717, 1.165) is 0 Å². The van der Waals surface area contributed by atoms with Crippen molar-refractivity contribution in [2.45, 2.75) is 0 Å². The first-order valence-corrected chi connectivity index (χ1v) is 4.39. The SMILES string of the molecule is COc1cc(OCCF)cc(C(=N)N)c1. The molecule has 1 aromatic carbocycles. The molecular weight excluding hydrogens is 199 g/mol. The Morgan fingerprint density at radius 2 is 2.07 bits per heavy atom. The number of halogens is 1. The van der Waals surface area contributed by atoms with Crippen LogP contribution in [0.15, 0.2) is 18.2 Å². The van der Waals surface area contributed by atoms with Crippen LogP contribution in [-0.4, -0.2) is 26.2 Å². The largest absolute Gasteiger partial charge is 0.497 e. The van der Waals surface area contributed by atoms with Crippen molar-refractivity contribution in [3.05, 3.63) is 23.8 Å². The third kappa shape index (κ3) is 3.12. The Labute approximate surface area is 87.3 Å². The first-order chi connectivity index (χ1) is 7.17. The molecule has 0 bridgehead atoms. The minimum absolute atomic E-state index is 0.0233. The molecule has 4 nitrogen and oxygen atoms in total. The van der Waals surface area contributed by atoms with Gasteiger partial charge < -0.3 is 15.2 Å². The molecule has 3 N–H and O–H groups in total. The van der Waals surface area contributed by atoms with Crippen molar-refractivity contribution in [1.82, 2.24) is 0 Å². The van der Waals surface area contributed by atoms with Gasteiger partial charge in [-0.25, -0.2) is 4.39 Å². The van der Waals surface area contributed by atoms with Crippen molar-refractivity contribution in [3.63, 3.8) is 0 Å². The van der Waals surface area contributed by atoms with Crippen molar-refractivity contribution in [2.24, 2.45) is 5.73 Å². The number of hydrogen-bond donors (Lipinski definition) is 2. The zero-order valence-electron chi connectivity index (χ0n) is 8.42. The second-order valence-electron chi connectivity index (χ2n) is 2.85. The van der Waals surface area contributed by atoms with Gasteiger partial charge in [0, 0.05) is 11.6 Å². The molecule has 0 amide bonds. The molecule has 0 saturated carbocycles. The molecule has 0 aliphatic carbocycles. The first-order valence-electron chi connectivity index (χ1n) is 4.39. The molecule has 0 aromatic heterocycles. The highest BCUT2D eigenvalue weighted by molar-refractivity contribution is 5.95. The highest BCUT2D eigenvalue weighted by Crippen LogP contribution is 2.22. The van der Waals surface area contributed by atoms with E-state index in [-0.39, 0.29) is 12.4 Å². The number of alkyl halides is 1. The standard InChI is InChI=1S/C10H13FN2O2/c1-14-8-4-7(10(12)13)5-9(6-8)15-3-2-11/h4-6H,2-3H2,1H3,(H3,12,13). The van der Waals surface area contributed by atoms with Crippen molar-refractivity contribution in [3.8, 4) is 11.5 Å². The van der Waals surface area contributed by atoms with Crippen LogP contribution in [0.25, 0.3) is 0 Å². The lowest BCUT2D eigenvalue weighted by molar-refractivity contribution is 0.272. The maximum Gasteiger partial charge on any atom is 0.123 e. The predicted octanol–water partition coefficient (Wildman–Crippen LogP) is 1.33. The van der Waals surface area contributed by atoms with Gasteiger partial charge in [0.1, 0.15) is 30.6 Å². The van der Waals surface area contributed by atoms with Crippen LogP contribution in [0, 0.1) is 5.41 Å². The summed E-state index contributed by atoms with van der Waals surface area (Å²) in [7, 11) is 1.50. The van der Waals surface area contributed by atoms with E-state index in [1.165, 1.54) is 7.11 Å². The van der Waals surface area contributed by atoms with Gasteiger partial charge >= 0.3 is 0 Å². The highest BCUT2D eigenvalue weighted by Gasteiger charge is 2.04. The lowest BCUT2D eigenvalue weighted by Gasteiger charge is -2.08. The summed E-state index contributed by atoms with van der Waals surface area (Å²) in [5.74, 6) is 0.882. The van der Waals surface area contributed by atoms with Gasteiger partial charge in [-0.05, 0) is 12.1 Å². The van der Waals surface area contributed by atoms with Crippen LogP contribution in [0.5, 0.6) is 11.5 Å². The number of rotatable bonds is 5. The fourth-order valence-electron chi connectivity index (χ4n) is 1.08. The van der Waals surface area contributed by atoms with Gasteiger partial charge in [-0.1, -0.05) is 0 Å². The van der Waals surface area contributed by atoms with Gasteiger partial charge in [0.05, 0.1) is 7.11 Å². The molecule has 0 spiro atoms. The molecule has 0 saturated heterocycles. The number of nitrogens with one attached hydrogen (secondary N) is 1. The molecular formula is C10H13FN2O2. The predicted molar refractivity (Wildman–Crippen MR) is 55.5 cm³/mol. The monoisotopic (exact) mass is 212 g/mol. The molecule has 0 radical (unpaired) electrons. The number of hydrogen-bond acceptors (Lipinski definition) is 3. The Morgan fingerprint density at radius 1 is 1.40 bits per heavy atom. The third-order valence-electron chi connectivity index (χ3n) is 1.77. The van der Waals surface area contributed by atoms with E-state index in [0.29, 0.717) is 17.1 Å². The van der Waals surface area contributed by atoms with Crippen LogP contribution >= 0.6 is 0 Å². The molecule has 1 rings (SSSR count). The minimum atomic E-state index is -0.563. The van der Waals surface area contributed by atoms with Crippen molar-refractivity contribution in [2.75, 3.05) is 20.4 Å². The summed E-state index contributed by atoms with van der Waals surface area (Å²) < 4.78 is 22.0. The average Bonchev–Trinajstić information content (AvgIpc) is 2.25. The Kier molecular flexibility index (Phi) is 3.91. The van der Waals surface area contributed by atoms with E-state index in [9.17, 15) is 4.39 Å². The van der Waals surface area contributed by atoms with Crippen LogP contribution < -0.4 is 15.2 Å². The fraction of sp³-hybridized carbons (Fsp3) is 0.300. The molecule has 82 valence electrons. The van der Waals surface area contributed by atoms with E-state index >= 15 is 0 Å². The summed E-state index contributed by atoms with van der Waals surface area (Å²) >= 11 is 0. The summed E-state index contributed by atoms with van der Waals surface area (Å²) in [5.41, 5.74) is 5.82. The highest BCUT2D eigenvalue weighted by atomic mass is 19.1. The average molecular weight is 212 g/mol. The summed E-state index contributed by atoms with van der Waals surface area (Å²) in [6, 6.07) is 4.80. The number of nitrogens with two attached hydrogens (primary N) is 1. The van der Waals surface area contributed by atoms with Crippen molar-refractivity contribution < 1.29 is 13.9 Å². The topological polar surface area (TPSA) is 68.3 Å². The van der Waals surface area contributed by atoms with E-state index in [2.05, 4.69) is 0 Å². The van der Waals surface area contributed by atoms with Crippen LogP contribution in [0.1, 0.15) is 5.56 Å². The second kappa shape index (κ2) is 5.19. The molecule has 0 fully saturated rings. The molecule has 0 heterocycles. The zero-order chi connectivity index (χ0) is 11.3. The van der Waals surface area contributed by atoms with E-state index in [1.54, 1.807) is 18.2 Å². The lowest BCUT2D eigenvalue weighted by Crippen LogP contribution is -2.11. The number of methoxy groups -OCH3 is 1. The summed E-state index contributed by atoms with van der Waals surface area (Å²) in [6.07, 6.45) is 0. The van der Waals surface area contributed by atoms with E-state index < -0.39 is 6.67 Å². The quantitative estimate of drug-likeness (QED) is 0.571. The number of amidine groups is 1. The van der Waals surface area contributed by atoms with Gasteiger partial charge in [-0.3, -0.25) is 5.41 Å². The van der Waals surface area contributed by atoms with Crippen molar-refractivity contribution in [1.29, 1.82) is 5.41 Å². The van der Waals surface area contributed by atoms with E-state index in [4.69, 9.17) is 20.6 Å². The molecule has 1 aromatic rings. The van der Waals surface area contributed by atoms with Crippen LogP contribution in [0.3, 0.4) is 0 Å². The maximum atomic E-state index is 11.9. The Morgan fingerprint density at radius 3 is 2.60 bits per heavy atom. The molecule has 0 aliphatic rings. The van der Waals surface area contributed by atoms with E-state index in [1.807, 2.05) is 0 Å². The number of ether oxygens (including phenoxy) is 2. The fourth-order valence-corrected chi connectivity index (χ4v) is 1.08. The Hall–Kier alpha value is -1.78. The van der Waals surface area contributed by atoms with Gasteiger partial charge in [-0.15, -0.1) is 0 Å². The van der Waals surface area contributed by atoms with Gasteiger partial charge in [0.25, 0.3) is 0 Å². The Bertz CT molecular complexity index is 355. The summed E-state index contributed by atoms with van der Waals surface area (Å²) in [6.45, 7) is -0.586. The number of nitrogen functional groups attached to an aromatic ring is 1. The second-order valence-corrected chi connectivity index (χ2v) is 2.85. The van der Waals surface area contributed by atoms with Crippen LogP contribution in [0.4, 0.5) is 4.39 Å². The zero-order valence-corrected chi connectivity index (χ0v) is 8.42.